The first kappa shape index (κ1) is 29.4. The van der Waals surface area contributed by atoms with E-state index < -0.39 is 50.2 Å². The molecule has 2 aromatic heterocycles. The van der Waals surface area contributed by atoms with Crippen LogP contribution in [0, 0.1) is 5.82 Å². The van der Waals surface area contributed by atoms with E-state index in [9.17, 15) is 39.2 Å². The monoisotopic (exact) mass is 614 g/mol. The van der Waals surface area contributed by atoms with Gasteiger partial charge < -0.3 is 10.6 Å². The van der Waals surface area contributed by atoms with E-state index in [1.165, 1.54) is 43.3 Å². The van der Waals surface area contributed by atoms with Crippen LogP contribution in [0.15, 0.2) is 59.5 Å². The van der Waals surface area contributed by atoms with Crippen LogP contribution in [-0.4, -0.2) is 35.1 Å². The molecule has 16 heteroatoms. The first-order valence-corrected chi connectivity index (χ1v) is 13.8. The largest absolute Gasteiger partial charge is 0.416 e. The summed E-state index contributed by atoms with van der Waals surface area (Å²) in [5.41, 5.74) is -3.13. The third-order valence-corrected chi connectivity index (χ3v) is 7.71. The van der Waals surface area contributed by atoms with Crippen molar-refractivity contribution in [3.05, 3.63) is 71.5 Å². The van der Waals surface area contributed by atoms with Crippen molar-refractivity contribution in [2.75, 3.05) is 10.6 Å². The number of sulfonamides is 1. The van der Waals surface area contributed by atoms with Gasteiger partial charge in [0.25, 0.3) is 0 Å². The molecule has 4 N–H and O–H groups in total. The number of nitrogens with one attached hydrogen (secondary N) is 2. The second-order valence-electron chi connectivity index (χ2n) is 9.83. The van der Waals surface area contributed by atoms with Crippen LogP contribution in [0.1, 0.15) is 36.9 Å². The van der Waals surface area contributed by atoms with Crippen molar-refractivity contribution in [3.63, 3.8) is 0 Å². The lowest BCUT2D eigenvalue weighted by Gasteiger charge is -2.23. The van der Waals surface area contributed by atoms with E-state index in [1.54, 1.807) is 0 Å². The second kappa shape index (κ2) is 10.0. The van der Waals surface area contributed by atoms with Crippen molar-refractivity contribution >= 4 is 32.8 Å². The molecule has 8 nitrogen and oxygen atoms in total. The number of pyridine rings is 1. The van der Waals surface area contributed by atoms with Gasteiger partial charge in [0.15, 0.2) is 5.82 Å². The van der Waals surface area contributed by atoms with Gasteiger partial charge in [-0.25, -0.2) is 27.9 Å². The summed E-state index contributed by atoms with van der Waals surface area (Å²) in [6, 6.07) is 9.26. The number of halogens is 7. The first-order valence-electron chi connectivity index (χ1n) is 12.3. The average molecular weight is 615 g/mol. The van der Waals surface area contributed by atoms with Crippen molar-refractivity contribution < 1.29 is 39.2 Å². The molecule has 1 aliphatic rings. The van der Waals surface area contributed by atoms with E-state index in [4.69, 9.17) is 5.14 Å². The highest BCUT2D eigenvalue weighted by Gasteiger charge is 2.64. The molecule has 42 heavy (non-hydrogen) atoms. The van der Waals surface area contributed by atoms with Crippen LogP contribution in [0.4, 0.5) is 42.5 Å². The lowest BCUT2D eigenvalue weighted by atomic mass is 10.0. The molecule has 0 saturated heterocycles. The Labute approximate surface area is 234 Å². The number of nitrogens with two attached hydrogens (primary N) is 1. The van der Waals surface area contributed by atoms with Crippen LogP contribution < -0.4 is 15.8 Å². The van der Waals surface area contributed by atoms with Gasteiger partial charge in [-0.2, -0.15) is 31.3 Å². The van der Waals surface area contributed by atoms with E-state index in [0.29, 0.717) is 17.3 Å². The number of rotatable bonds is 7. The van der Waals surface area contributed by atoms with Gasteiger partial charge in [-0.1, -0.05) is 6.07 Å². The number of alkyl halides is 6. The van der Waals surface area contributed by atoms with E-state index in [1.807, 2.05) is 0 Å². The van der Waals surface area contributed by atoms with Crippen LogP contribution in [0.5, 0.6) is 0 Å². The molecule has 1 atom stereocenters. The van der Waals surface area contributed by atoms with E-state index in [2.05, 4.69) is 25.6 Å². The standard InChI is InChI=1S/C26H21F7N6O2S/c1-13(17-7-6-16(42(34,40)41)12-18(17)25(28,29)30)35-23-37-20-9-8-19(14-2-4-15(27)5-3-14)36-21(20)22(38-23)39-24(10-11-24)26(31,32)33/h2-9,12-13H,10-11H2,1H3,(H2,34,40,41)(H2,35,37,38,39). The van der Waals surface area contributed by atoms with Crippen molar-refractivity contribution in [2.45, 2.75) is 48.6 Å². The van der Waals surface area contributed by atoms with Crippen LogP contribution in [0.25, 0.3) is 22.3 Å². The van der Waals surface area contributed by atoms with Crippen LogP contribution >= 0.6 is 0 Å². The zero-order chi connectivity index (χ0) is 30.7. The fraction of sp³-hybridized carbons (Fsp3) is 0.269. The highest BCUT2D eigenvalue weighted by Crippen LogP contribution is 2.51. The fourth-order valence-electron chi connectivity index (χ4n) is 4.39. The lowest BCUT2D eigenvalue weighted by molar-refractivity contribution is -0.151. The Morgan fingerprint density at radius 1 is 0.929 bits per heavy atom. The number of nitrogens with zero attached hydrogens (tertiary/aromatic N) is 3. The Kier molecular flexibility index (Phi) is 7.04. The van der Waals surface area contributed by atoms with Gasteiger partial charge in [0, 0.05) is 5.56 Å². The molecule has 0 spiro atoms. The highest BCUT2D eigenvalue weighted by atomic mass is 32.2. The summed E-state index contributed by atoms with van der Waals surface area (Å²) in [5.74, 6) is -1.12. The molecule has 0 bridgehead atoms. The number of aromatic nitrogens is 3. The minimum atomic E-state index is -4.96. The Morgan fingerprint density at radius 3 is 2.17 bits per heavy atom. The van der Waals surface area contributed by atoms with Gasteiger partial charge in [-0.3, -0.25) is 0 Å². The van der Waals surface area contributed by atoms with Gasteiger partial charge in [-0.05, 0) is 73.9 Å². The maximum Gasteiger partial charge on any atom is 0.416 e. The molecular weight excluding hydrogens is 593 g/mol. The molecule has 0 aliphatic heterocycles. The Bertz CT molecular complexity index is 1770. The summed E-state index contributed by atoms with van der Waals surface area (Å²) in [7, 11) is -4.44. The Morgan fingerprint density at radius 2 is 1.60 bits per heavy atom. The summed E-state index contributed by atoms with van der Waals surface area (Å²) in [5, 5.41) is 10.1. The Hall–Kier alpha value is -4.05. The van der Waals surface area contributed by atoms with Gasteiger partial charge in [-0.15, -0.1) is 0 Å². The molecule has 1 saturated carbocycles. The molecular formula is C26H21F7N6O2S. The molecule has 5 rings (SSSR count). The predicted molar refractivity (Wildman–Crippen MR) is 139 cm³/mol. The number of benzene rings is 2. The third kappa shape index (κ3) is 5.81. The smallest absolute Gasteiger partial charge is 0.354 e. The average Bonchev–Trinajstić information content (AvgIpc) is 3.69. The van der Waals surface area contributed by atoms with Gasteiger partial charge in [0.05, 0.1) is 27.7 Å². The van der Waals surface area contributed by atoms with Crippen molar-refractivity contribution in [2.24, 2.45) is 5.14 Å². The number of anilines is 2. The molecule has 222 valence electrons. The van der Waals surface area contributed by atoms with E-state index in [0.717, 1.165) is 12.1 Å². The summed E-state index contributed by atoms with van der Waals surface area (Å²) in [6.07, 6.45) is -10.1. The molecule has 1 aliphatic carbocycles. The van der Waals surface area contributed by atoms with Crippen LogP contribution in [0.2, 0.25) is 0 Å². The normalized spacial score (nSPS) is 15.8. The van der Waals surface area contributed by atoms with Crippen molar-refractivity contribution in [3.8, 4) is 11.3 Å². The van der Waals surface area contributed by atoms with Crippen LogP contribution in [0.3, 0.4) is 0 Å². The molecule has 0 radical (unpaired) electrons. The van der Waals surface area contributed by atoms with E-state index in [-0.39, 0.29) is 41.2 Å². The number of primary sulfonamides is 1. The summed E-state index contributed by atoms with van der Waals surface area (Å²) < 4.78 is 120. The second-order valence-corrected chi connectivity index (χ2v) is 11.4. The lowest BCUT2D eigenvalue weighted by Crippen LogP contribution is -2.39. The molecule has 2 aromatic carbocycles. The number of hydrogen-bond acceptors (Lipinski definition) is 7. The van der Waals surface area contributed by atoms with Crippen molar-refractivity contribution in [1.29, 1.82) is 0 Å². The van der Waals surface area contributed by atoms with Crippen LogP contribution in [-0.2, 0) is 16.2 Å². The molecule has 1 unspecified atom stereocenters. The summed E-state index contributed by atoms with van der Waals surface area (Å²) >= 11 is 0. The molecule has 0 amide bonds. The minimum Gasteiger partial charge on any atom is -0.354 e. The topological polar surface area (TPSA) is 123 Å². The fourth-order valence-corrected chi connectivity index (χ4v) is 4.93. The van der Waals surface area contributed by atoms with Gasteiger partial charge in [0.2, 0.25) is 16.0 Å². The SMILES string of the molecule is CC(Nc1nc(NC2(C(F)(F)F)CC2)c2nc(-c3ccc(F)cc3)ccc2n1)c1ccc(S(N)(=O)=O)cc1C(F)(F)F. The molecule has 4 aromatic rings. The quantitative estimate of drug-likeness (QED) is 0.213. The van der Waals surface area contributed by atoms with Crippen molar-refractivity contribution in [1.82, 2.24) is 15.0 Å². The van der Waals surface area contributed by atoms with Gasteiger partial charge >= 0.3 is 12.4 Å². The summed E-state index contributed by atoms with van der Waals surface area (Å²) in [4.78, 5) is 12.1. The molecule has 1 fully saturated rings. The van der Waals surface area contributed by atoms with Gasteiger partial charge in [0.1, 0.15) is 16.9 Å². The third-order valence-electron chi connectivity index (χ3n) is 6.80. The summed E-state index contributed by atoms with van der Waals surface area (Å²) in [6.45, 7) is 1.32. The first-order chi connectivity index (χ1) is 19.5. The minimum absolute atomic E-state index is 0.0426. The zero-order valence-corrected chi connectivity index (χ0v) is 22.3. The maximum atomic E-state index is 13.9. The maximum absolute atomic E-state index is 13.9. The predicted octanol–water partition coefficient (Wildman–Crippen LogP) is 6.18. The van der Waals surface area contributed by atoms with E-state index >= 15 is 0 Å². The Balaban J connectivity index is 1.58. The molecule has 2 heterocycles. The highest BCUT2D eigenvalue weighted by molar-refractivity contribution is 7.89. The number of hydrogen-bond donors (Lipinski definition) is 3. The zero-order valence-electron chi connectivity index (χ0n) is 21.5. The number of fused-ring (bicyclic) bond motifs is 1.